The van der Waals surface area contributed by atoms with Gasteiger partial charge in [0, 0.05) is 72.6 Å². The third kappa shape index (κ3) is 10.4. The molecule has 0 N–H and O–H groups in total. The second-order valence-corrected chi connectivity index (χ2v) is 32.4. The van der Waals surface area contributed by atoms with E-state index in [-0.39, 0.29) is 65.8 Å². The van der Waals surface area contributed by atoms with Crippen molar-refractivity contribution in [3.05, 3.63) is 247 Å². The molecule has 0 atom stereocenters. The van der Waals surface area contributed by atoms with Crippen LogP contribution in [-0.4, -0.2) is 13.1 Å². The van der Waals surface area contributed by atoms with Crippen LogP contribution in [0.5, 0.6) is 11.5 Å². The molecule has 442 valence electrons. The van der Waals surface area contributed by atoms with Crippen molar-refractivity contribution in [2.75, 3.05) is 14.7 Å². The van der Waals surface area contributed by atoms with Crippen LogP contribution in [-0.2, 0) is 48.1 Å². The molecule has 13 rings (SSSR count). The van der Waals surface area contributed by atoms with E-state index in [2.05, 4.69) is 252 Å². The first-order valence-corrected chi connectivity index (χ1v) is 32.2. The van der Waals surface area contributed by atoms with Gasteiger partial charge in [0.05, 0.1) is 6.85 Å². The van der Waals surface area contributed by atoms with Crippen LogP contribution in [0.25, 0.3) is 33.4 Å². The van der Waals surface area contributed by atoms with E-state index in [0.29, 0.717) is 28.4 Å². The number of aromatic nitrogens is 1. The van der Waals surface area contributed by atoms with Crippen molar-refractivity contribution < 1.29 is 32.7 Å². The average Bonchev–Trinajstić information content (AvgIpc) is 1.43. The smallest absolute Gasteiger partial charge is 0.135 e. The third-order valence-electron chi connectivity index (χ3n) is 17.7. The molecule has 0 fully saturated rings. The van der Waals surface area contributed by atoms with Crippen LogP contribution in [0.15, 0.2) is 200 Å². The number of rotatable bonds is 7. The molecule has 0 saturated carbocycles. The molecule has 1 spiro atoms. The second kappa shape index (κ2) is 21.5. The maximum absolute atomic E-state index is 9.37. The minimum Gasteiger partial charge on any atom is -0.509 e. The summed E-state index contributed by atoms with van der Waals surface area (Å²) in [7, 11) is -3.12. The van der Waals surface area contributed by atoms with Gasteiger partial charge in [0.25, 0.3) is 0 Å². The van der Waals surface area contributed by atoms with Gasteiger partial charge in [0.15, 0.2) is 0 Å². The molecule has 87 heavy (non-hydrogen) atoms. The normalized spacial score (nSPS) is 15.1. The molecular weight excluding hydrogens is 1260 g/mol. The van der Waals surface area contributed by atoms with Crippen LogP contribution in [0.1, 0.15) is 139 Å². The van der Waals surface area contributed by atoms with Gasteiger partial charge < -0.3 is 19.4 Å². The molecule has 4 heterocycles. The summed E-state index contributed by atoms with van der Waals surface area (Å²) in [5, 5.41) is 5.23. The number of pyridine rings is 1. The summed E-state index contributed by atoms with van der Waals surface area (Å²) in [6.45, 7) is 35.9. The number of nitrogens with zero attached hydrogens (tertiary/aromatic N) is 4. The van der Waals surface area contributed by atoms with Crippen LogP contribution in [0.4, 0.5) is 39.9 Å². The minimum atomic E-state index is -3.12. The zero-order chi connectivity index (χ0) is 64.8. The van der Waals surface area contributed by atoms with Crippen LogP contribution >= 0.6 is 0 Å². The average molecular weight is 1340 g/mol. The van der Waals surface area contributed by atoms with E-state index in [0.717, 1.165) is 50.8 Å². The molecule has 0 unspecified atom stereocenters. The van der Waals surface area contributed by atoms with Gasteiger partial charge >= 0.3 is 0 Å². The molecule has 3 aliphatic heterocycles. The van der Waals surface area contributed by atoms with E-state index in [9.17, 15) is 2.74 Å². The first-order valence-electron chi connectivity index (χ1n) is 32.7. The van der Waals surface area contributed by atoms with E-state index < -0.39 is 26.2 Å². The molecule has 9 aromatic carbocycles. The number of anilines is 7. The Bertz CT molecular complexity index is 4500. The van der Waals surface area contributed by atoms with Crippen molar-refractivity contribution in [1.29, 1.82) is 0 Å². The predicted octanol–water partition coefficient (Wildman–Crippen LogP) is 18.8. The molecule has 7 heteroatoms. The minimum absolute atomic E-state index is 0. The number of para-hydroxylation sites is 4. The summed E-state index contributed by atoms with van der Waals surface area (Å²) >= 11 is 0. The number of hydrogen-bond donors (Lipinski definition) is 0. The Kier molecular flexibility index (Phi) is 13.2. The van der Waals surface area contributed by atoms with Crippen molar-refractivity contribution in [2.45, 2.75) is 131 Å². The fourth-order valence-electron chi connectivity index (χ4n) is 12.9. The Balaban J connectivity index is 0.00000816. The number of fused-ring (bicyclic) bond motifs is 10. The first kappa shape index (κ1) is 53.5. The van der Waals surface area contributed by atoms with Crippen LogP contribution < -0.4 is 40.2 Å². The molecule has 0 radical (unpaired) electrons. The van der Waals surface area contributed by atoms with Gasteiger partial charge in [-0.05, 0) is 123 Å². The Morgan fingerprint density at radius 3 is 1.55 bits per heavy atom. The Labute approximate surface area is 540 Å². The third-order valence-corrected chi connectivity index (χ3v) is 22.6. The maximum Gasteiger partial charge on any atom is 0.135 e. The molecule has 0 saturated heterocycles. The first-order chi connectivity index (χ1) is 42.8. The zero-order valence-electron chi connectivity index (χ0n) is 57.8. The summed E-state index contributed by atoms with van der Waals surface area (Å²) in [5.41, 5.74) is 15.4. The Morgan fingerprint density at radius 2 is 0.954 bits per heavy atom. The van der Waals surface area contributed by atoms with E-state index >= 15 is 0 Å². The topological polar surface area (TPSA) is 31.8 Å². The van der Waals surface area contributed by atoms with Gasteiger partial charge in [-0.25, -0.2) is 4.98 Å². The van der Waals surface area contributed by atoms with Crippen molar-refractivity contribution in [3.63, 3.8) is 0 Å². The maximum atomic E-state index is 9.37. The zero-order valence-corrected chi connectivity index (χ0v) is 56.0. The van der Waals surface area contributed by atoms with Gasteiger partial charge in [-0.3, -0.25) is 0 Å². The van der Waals surface area contributed by atoms with E-state index in [1.807, 2.05) is 55.3 Å². The fraction of sp³-hybridized carbons (Fsp3) is 0.250. The summed E-state index contributed by atoms with van der Waals surface area (Å²) in [4.78, 5) is 11.7. The van der Waals surface area contributed by atoms with Gasteiger partial charge in [0.2, 0.25) is 0 Å². The molecule has 0 aliphatic carbocycles. The van der Waals surface area contributed by atoms with Crippen LogP contribution in [0, 0.1) is 18.8 Å². The van der Waals surface area contributed by atoms with Gasteiger partial charge in [-0.15, -0.1) is 47.9 Å². The van der Waals surface area contributed by atoms with Gasteiger partial charge in [-0.2, -0.15) is 12.1 Å². The van der Waals surface area contributed by atoms with Crippen molar-refractivity contribution in [3.8, 4) is 44.9 Å². The van der Waals surface area contributed by atoms with Crippen molar-refractivity contribution >= 4 is 68.8 Å². The quantitative estimate of drug-likeness (QED) is 0.117. The fourth-order valence-corrected chi connectivity index (χ4v) is 18.3. The molecule has 0 amide bonds. The van der Waals surface area contributed by atoms with E-state index in [1.54, 1.807) is 0 Å². The standard InChI is InChI=1S/C80H79N4OSi.Pt/c1-76(2,3)54-35-38-70-64(46-54)65-47-55(77(4,5)6)36-39-71(65)86(70)72-34-22-21-33-68(72)84(74-48-56(41-42-81-74)78(7,8)9)69-50-61(37-40-73(69)86)85-60-28-23-27-59(49-60)82-51-83(67-32-20-19-31-66(67)82)75-62(52-25-17-16-18-26-52)29-24-30-63(75)53-43-57(79(10,11)12)45-58(44-53)80(13,14)15;/h16-48,51H,1-15H3;/q-3;/i16D,17D,18D,25D,26D;. The van der Waals surface area contributed by atoms with Crippen molar-refractivity contribution in [2.24, 2.45) is 0 Å². The molecule has 0 bridgehead atoms. The molecule has 1 aromatic heterocycles. The Morgan fingerprint density at radius 1 is 0.437 bits per heavy atom. The van der Waals surface area contributed by atoms with Crippen molar-refractivity contribution in [1.82, 2.24) is 4.98 Å². The van der Waals surface area contributed by atoms with Gasteiger partial charge in [0.1, 0.15) is 13.9 Å². The summed E-state index contributed by atoms with van der Waals surface area (Å²) in [6.07, 6.45) is 1.93. The number of ether oxygens (including phenoxy) is 1. The van der Waals surface area contributed by atoms with Crippen LogP contribution in [0.2, 0.25) is 0 Å². The molecule has 3 aliphatic rings. The summed E-state index contributed by atoms with van der Waals surface area (Å²) in [6, 6.07) is 64.8. The summed E-state index contributed by atoms with van der Waals surface area (Å²) < 4.78 is 52.2. The summed E-state index contributed by atoms with van der Waals surface area (Å²) in [5.74, 6) is 1.81. The molecular formula is C80H79N4OPtSi-3. The second-order valence-electron chi connectivity index (χ2n) is 28.7. The molecule has 5 nitrogen and oxygen atoms in total. The SMILES string of the molecule is [2H]c1c([2H])c([2H])c(-c2cccc(-c3cc(C(C)(C)C)cc(C(C)(C)C)c3)c2N2[CH-]N(c3[c-]c(Oc4[c-]c5c(cc4)[Si]4(c6ccc(C(C)(C)C)cc6-c6cc(C(C)(C)C)ccc64)c4ccccc4N5c4cc(C(C)(C)C)ccn4)ccc3)c3ccccc32)c([2H])c1[2H].[Pt]. The van der Waals surface area contributed by atoms with Gasteiger partial charge in [-0.1, -0.05) is 243 Å². The number of hydrogen-bond acceptors (Lipinski definition) is 5. The molecule has 10 aromatic rings. The monoisotopic (exact) mass is 1340 g/mol. The van der Waals surface area contributed by atoms with E-state index in [4.69, 9.17) is 13.8 Å². The largest absolute Gasteiger partial charge is 0.509 e. The predicted molar refractivity (Wildman–Crippen MR) is 365 cm³/mol. The Hall–Kier alpha value is -7.76. The van der Waals surface area contributed by atoms with Crippen LogP contribution in [0.3, 0.4) is 0 Å². The number of benzene rings is 9. The van der Waals surface area contributed by atoms with E-state index in [1.165, 1.54) is 48.6 Å².